The summed E-state index contributed by atoms with van der Waals surface area (Å²) in [4.78, 5) is 24.3. The molecule has 0 aromatic heterocycles. The molecule has 0 atom stereocenters. The minimum Gasteiger partial charge on any atom is -0.393 e. The van der Waals surface area contributed by atoms with Crippen LogP contribution in [0, 0.1) is 22.7 Å². The van der Waals surface area contributed by atoms with E-state index in [1.54, 1.807) is 0 Å². The summed E-state index contributed by atoms with van der Waals surface area (Å²) < 4.78 is 5.19. The molecule has 4 fully saturated rings. The monoisotopic (exact) mass is 290 g/mol. The Morgan fingerprint density at radius 3 is 1.43 bits per heavy atom. The predicted molar refractivity (Wildman–Crippen MR) is 78.3 cm³/mol. The van der Waals surface area contributed by atoms with Gasteiger partial charge in [0.25, 0.3) is 0 Å². The summed E-state index contributed by atoms with van der Waals surface area (Å²) in [5.41, 5.74) is 0.373. The Kier molecular flexibility index (Phi) is 3.16. The van der Waals surface area contributed by atoms with Crippen LogP contribution in [0.15, 0.2) is 0 Å². The van der Waals surface area contributed by atoms with Crippen molar-refractivity contribution in [1.29, 1.82) is 0 Å². The molecule has 116 valence electrons. The summed E-state index contributed by atoms with van der Waals surface area (Å²) in [5.74, 6) is 1.15. The van der Waals surface area contributed by atoms with Crippen molar-refractivity contribution in [2.75, 3.05) is 0 Å². The lowest BCUT2D eigenvalue weighted by Gasteiger charge is -2.26. The van der Waals surface area contributed by atoms with Gasteiger partial charge in [-0.3, -0.25) is 9.59 Å². The molecule has 0 aromatic carbocycles. The highest BCUT2D eigenvalue weighted by molar-refractivity contribution is 5.86. The van der Waals surface area contributed by atoms with Crippen LogP contribution >= 0.6 is 0 Å². The van der Waals surface area contributed by atoms with Gasteiger partial charge in [-0.15, -0.1) is 0 Å². The lowest BCUT2D eigenvalue weighted by molar-refractivity contribution is -0.162. The van der Waals surface area contributed by atoms with Crippen molar-refractivity contribution in [1.82, 2.24) is 0 Å². The SMILES string of the molecule is O=C(CC12CCC(CC1)C2)OC(=O)CC12CCC(CC1)C2. The van der Waals surface area contributed by atoms with Gasteiger partial charge in [0, 0.05) is 0 Å². The van der Waals surface area contributed by atoms with Gasteiger partial charge in [0.1, 0.15) is 0 Å². The molecular weight excluding hydrogens is 264 g/mol. The molecule has 4 rings (SSSR count). The Balaban J connectivity index is 1.29. The van der Waals surface area contributed by atoms with Gasteiger partial charge >= 0.3 is 11.9 Å². The minimum absolute atomic E-state index is 0.187. The molecule has 21 heavy (non-hydrogen) atoms. The van der Waals surface area contributed by atoms with Crippen molar-refractivity contribution in [2.45, 2.75) is 77.0 Å². The largest absolute Gasteiger partial charge is 0.393 e. The number of esters is 2. The van der Waals surface area contributed by atoms with Crippen LogP contribution in [-0.2, 0) is 14.3 Å². The second kappa shape index (κ2) is 4.82. The van der Waals surface area contributed by atoms with Crippen molar-refractivity contribution in [3.63, 3.8) is 0 Å². The fourth-order valence-electron chi connectivity index (χ4n) is 5.93. The molecule has 0 aromatic rings. The molecule has 0 aliphatic heterocycles. The summed E-state index contributed by atoms with van der Waals surface area (Å²) in [6.07, 6.45) is 13.0. The Hall–Kier alpha value is -0.860. The molecule has 4 bridgehead atoms. The standard InChI is InChI=1S/C18H26O3/c19-15(11-17-5-1-13(9-17)2-6-17)21-16(20)12-18-7-3-14(10-18)4-8-18/h13-14H,1-12H2. The van der Waals surface area contributed by atoms with Crippen molar-refractivity contribution < 1.29 is 14.3 Å². The second-order valence-electron chi connectivity index (χ2n) is 8.49. The molecular formula is C18H26O3. The molecule has 4 aliphatic carbocycles. The van der Waals surface area contributed by atoms with Gasteiger partial charge < -0.3 is 4.74 Å². The fourth-order valence-corrected chi connectivity index (χ4v) is 5.93. The number of hydrogen-bond donors (Lipinski definition) is 0. The van der Waals surface area contributed by atoms with Crippen molar-refractivity contribution >= 4 is 11.9 Å². The van der Waals surface area contributed by atoms with E-state index in [0.717, 1.165) is 37.5 Å². The van der Waals surface area contributed by atoms with Crippen LogP contribution in [0.25, 0.3) is 0 Å². The van der Waals surface area contributed by atoms with Gasteiger partial charge in [0.15, 0.2) is 0 Å². The van der Waals surface area contributed by atoms with E-state index in [-0.39, 0.29) is 22.8 Å². The van der Waals surface area contributed by atoms with Crippen LogP contribution in [0.4, 0.5) is 0 Å². The highest BCUT2D eigenvalue weighted by atomic mass is 16.6. The van der Waals surface area contributed by atoms with E-state index in [1.807, 2.05) is 0 Å². The van der Waals surface area contributed by atoms with E-state index in [1.165, 1.54) is 38.5 Å². The first-order chi connectivity index (χ1) is 10.1. The molecule has 0 spiro atoms. The summed E-state index contributed by atoms with van der Waals surface area (Å²) >= 11 is 0. The molecule has 4 aliphatic rings. The van der Waals surface area contributed by atoms with E-state index in [0.29, 0.717) is 12.8 Å². The quantitative estimate of drug-likeness (QED) is 0.580. The highest BCUT2D eigenvalue weighted by Crippen LogP contribution is 2.57. The van der Waals surface area contributed by atoms with Crippen LogP contribution in [0.5, 0.6) is 0 Å². The summed E-state index contributed by atoms with van der Waals surface area (Å²) in [5, 5.41) is 0. The molecule has 0 amide bonds. The second-order valence-corrected chi connectivity index (χ2v) is 8.49. The zero-order valence-electron chi connectivity index (χ0n) is 12.9. The van der Waals surface area contributed by atoms with E-state index in [9.17, 15) is 9.59 Å². The lowest BCUT2D eigenvalue weighted by atomic mass is 9.81. The van der Waals surface area contributed by atoms with Gasteiger partial charge in [-0.1, -0.05) is 0 Å². The Bertz CT molecular complexity index is 409. The fraction of sp³-hybridized carbons (Fsp3) is 0.889. The Labute approximate surface area is 126 Å². The highest BCUT2D eigenvalue weighted by Gasteiger charge is 2.48. The number of fused-ring (bicyclic) bond motifs is 4. The maximum Gasteiger partial charge on any atom is 0.313 e. The van der Waals surface area contributed by atoms with Crippen molar-refractivity contribution in [2.24, 2.45) is 22.7 Å². The smallest absolute Gasteiger partial charge is 0.313 e. The Morgan fingerprint density at radius 1 is 0.762 bits per heavy atom. The van der Waals surface area contributed by atoms with E-state index in [2.05, 4.69) is 0 Å². The molecule has 3 nitrogen and oxygen atoms in total. The average Bonchev–Trinajstić information content (AvgIpc) is 3.16. The number of ether oxygens (including phenoxy) is 1. The molecule has 0 radical (unpaired) electrons. The topological polar surface area (TPSA) is 43.4 Å². The molecule has 0 saturated heterocycles. The number of carbonyl (C=O) groups excluding carboxylic acids is 2. The van der Waals surface area contributed by atoms with Crippen LogP contribution in [-0.4, -0.2) is 11.9 Å². The maximum absolute atomic E-state index is 12.1. The zero-order chi connectivity index (χ0) is 14.5. The van der Waals surface area contributed by atoms with E-state index >= 15 is 0 Å². The number of carbonyl (C=O) groups is 2. The summed E-state index contributed by atoms with van der Waals surface area (Å²) in [6.45, 7) is 0. The van der Waals surface area contributed by atoms with E-state index < -0.39 is 0 Å². The summed E-state index contributed by atoms with van der Waals surface area (Å²) in [7, 11) is 0. The average molecular weight is 290 g/mol. The molecule has 0 N–H and O–H groups in total. The predicted octanol–water partition coefficient (Wildman–Crippen LogP) is 4.00. The lowest BCUT2D eigenvalue weighted by Crippen LogP contribution is -2.26. The van der Waals surface area contributed by atoms with Crippen LogP contribution in [0.1, 0.15) is 77.0 Å². The third-order valence-corrected chi connectivity index (χ3v) is 7.04. The third-order valence-electron chi connectivity index (χ3n) is 7.04. The van der Waals surface area contributed by atoms with Gasteiger partial charge in [-0.05, 0) is 86.9 Å². The van der Waals surface area contributed by atoms with Crippen LogP contribution in [0.3, 0.4) is 0 Å². The first-order valence-electron chi connectivity index (χ1n) is 8.80. The summed E-state index contributed by atoms with van der Waals surface area (Å²) in [6, 6.07) is 0. The van der Waals surface area contributed by atoms with Crippen molar-refractivity contribution in [3.8, 4) is 0 Å². The van der Waals surface area contributed by atoms with Gasteiger partial charge in [0.2, 0.25) is 0 Å². The minimum atomic E-state index is -0.258. The molecule has 0 unspecified atom stereocenters. The van der Waals surface area contributed by atoms with Crippen LogP contribution in [0.2, 0.25) is 0 Å². The van der Waals surface area contributed by atoms with Gasteiger partial charge in [-0.25, -0.2) is 0 Å². The molecule has 3 heteroatoms. The van der Waals surface area contributed by atoms with Crippen LogP contribution < -0.4 is 0 Å². The van der Waals surface area contributed by atoms with E-state index in [4.69, 9.17) is 4.74 Å². The van der Waals surface area contributed by atoms with Gasteiger partial charge in [0.05, 0.1) is 12.8 Å². The normalized spacial score (nSPS) is 43.4. The number of hydrogen-bond acceptors (Lipinski definition) is 3. The Morgan fingerprint density at radius 2 is 1.14 bits per heavy atom. The first-order valence-corrected chi connectivity index (χ1v) is 8.80. The molecule has 4 saturated carbocycles. The number of rotatable bonds is 4. The maximum atomic E-state index is 12.1. The first kappa shape index (κ1) is 13.8. The third kappa shape index (κ3) is 2.53. The van der Waals surface area contributed by atoms with Gasteiger partial charge in [-0.2, -0.15) is 0 Å². The molecule has 0 heterocycles. The van der Waals surface area contributed by atoms with Crippen molar-refractivity contribution in [3.05, 3.63) is 0 Å². The zero-order valence-corrected chi connectivity index (χ0v) is 12.9.